The van der Waals surface area contributed by atoms with Crippen molar-refractivity contribution in [2.45, 2.75) is 31.5 Å². The van der Waals surface area contributed by atoms with E-state index < -0.39 is 29.8 Å². The van der Waals surface area contributed by atoms with E-state index in [9.17, 15) is 14.3 Å². The van der Waals surface area contributed by atoms with Crippen molar-refractivity contribution < 1.29 is 19.0 Å². The first-order valence-electron chi connectivity index (χ1n) is 12.6. The number of hydrogen-bond donors (Lipinski definition) is 6. The highest BCUT2D eigenvalue weighted by atomic mass is 19.1. The number of nitrogens with one attached hydrogen (secondary N) is 5. The molecule has 3 atom stereocenters. The SMILES string of the molecule is N=C(NC1N=C(c2ccccc2)c2ccccc2NC1=O)OC(=N)c1ncc(F)cc1NCC1CCC(O)C1. The second kappa shape index (κ2) is 11.4. The molecule has 2 aromatic carbocycles. The van der Waals surface area contributed by atoms with Crippen LogP contribution in [0.15, 0.2) is 71.9 Å². The lowest BCUT2D eigenvalue weighted by Crippen LogP contribution is -2.43. The molecular weight excluding hydrogens is 501 g/mol. The molecule has 6 N–H and O–H groups in total. The Bertz CT molecular complexity index is 1430. The zero-order valence-corrected chi connectivity index (χ0v) is 20.9. The molecule has 0 spiro atoms. The summed E-state index contributed by atoms with van der Waals surface area (Å²) in [6.07, 6.45) is 1.60. The minimum Gasteiger partial charge on any atom is -0.405 e. The molecule has 2 aliphatic rings. The molecule has 1 fully saturated rings. The number of nitrogens with zero attached hydrogens (tertiary/aromatic N) is 2. The van der Waals surface area contributed by atoms with Crippen molar-refractivity contribution in [3.05, 3.63) is 89.5 Å². The van der Waals surface area contributed by atoms with E-state index in [0.717, 1.165) is 30.2 Å². The number of benzene rings is 2. The van der Waals surface area contributed by atoms with Crippen LogP contribution in [0.4, 0.5) is 15.8 Å². The first-order chi connectivity index (χ1) is 18.9. The maximum Gasteiger partial charge on any atom is 0.290 e. The molecule has 3 unspecified atom stereocenters. The summed E-state index contributed by atoms with van der Waals surface area (Å²) in [7, 11) is 0. The van der Waals surface area contributed by atoms with Gasteiger partial charge in [0.2, 0.25) is 12.1 Å². The number of aromatic nitrogens is 1. The molecule has 10 nitrogen and oxygen atoms in total. The molecule has 200 valence electrons. The van der Waals surface area contributed by atoms with E-state index >= 15 is 0 Å². The summed E-state index contributed by atoms with van der Waals surface area (Å²) in [5, 5.41) is 35.0. The number of amidine groups is 1. The van der Waals surface area contributed by atoms with Gasteiger partial charge in [-0.1, -0.05) is 48.5 Å². The number of pyridine rings is 1. The average molecular weight is 530 g/mol. The molecule has 1 aliphatic heterocycles. The number of ether oxygens (including phenoxy) is 1. The van der Waals surface area contributed by atoms with Crippen LogP contribution in [0.25, 0.3) is 0 Å². The number of para-hydroxylation sites is 1. The summed E-state index contributed by atoms with van der Waals surface area (Å²) in [6.45, 7) is 0.470. The van der Waals surface area contributed by atoms with Crippen molar-refractivity contribution in [1.82, 2.24) is 10.3 Å². The summed E-state index contributed by atoms with van der Waals surface area (Å²) in [6, 6.07) is 17.2. The Hall–Kier alpha value is -4.64. The van der Waals surface area contributed by atoms with Gasteiger partial charge in [-0.25, -0.2) is 14.4 Å². The summed E-state index contributed by atoms with van der Waals surface area (Å²) in [5.41, 5.74) is 2.88. The molecule has 1 aliphatic carbocycles. The van der Waals surface area contributed by atoms with E-state index in [4.69, 9.17) is 15.6 Å². The highest BCUT2D eigenvalue weighted by molar-refractivity contribution is 6.19. The normalized spacial score (nSPS) is 20.2. The molecule has 0 bridgehead atoms. The van der Waals surface area contributed by atoms with Gasteiger partial charge in [0.25, 0.3) is 11.9 Å². The van der Waals surface area contributed by atoms with Crippen molar-refractivity contribution >= 4 is 34.9 Å². The number of anilines is 2. The Morgan fingerprint density at radius 1 is 1.13 bits per heavy atom. The van der Waals surface area contributed by atoms with Gasteiger partial charge < -0.3 is 25.8 Å². The molecule has 3 aromatic rings. The van der Waals surface area contributed by atoms with Gasteiger partial charge in [0.05, 0.1) is 29.4 Å². The second-order valence-corrected chi connectivity index (χ2v) is 9.45. The molecule has 0 radical (unpaired) electrons. The largest absolute Gasteiger partial charge is 0.405 e. The number of carbonyl (C=O) groups excluding carboxylic acids is 1. The number of aliphatic hydroxyl groups is 1. The zero-order valence-electron chi connectivity index (χ0n) is 20.9. The van der Waals surface area contributed by atoms with Crippen LogP contribution < -0.4 is 16.0 Å². The number of benzodiazepines with no additional fused rings is 1. The minimum absolute atomic E-state index is 0.00712. The van der Waals surface area contributed by atoms with Gasteiger partial charge in [-0.05, 0) is 31.2 Å². The maximum absolute atomic E-state index is 13.9. The zero-order chi connectivity index (χ0) is 27.4. The summed E-state index contributed by atoms with van der Waals surface area (Å²) in [4.78, 5) is 21.6. The molecule has 1 saturated carbocycles. The van der Waals surface area contributed by atoms with Crippen LogP contribution in [0.1, 0.15) is 36.1 Å². The second-order valence-electron chi connectivity index (χ2n) is 9.45. The van der Waals surface area contributed by atoms with Crippen molar-refractivity contribution in [2.75, 3.05) is 17.2 Å². The lowest BCUT2D eigenvalue weighted by Gasteiger charge is -2.17. The van der Waals surface area contributed by atoms with E-state index in [1.54, 1.807) is 12.1 Å². The fourth-order valence-electron chi connectivity index (χ4n) is 4.73. The lowest BCUT2D eigenvalue weighted by molar-refractivity contribution is -0.117. The van der Waals surface area contributed by atoms with E-state index in [-0.39, 0.29) is 23.4 Å². The van der Waals surface area contributed by atoms with E-state index in [2.05, 4.69) is 25.9 Å². The molecule has 11 heteroatoms. The standard InChI is InChI=1S/C28H28FN7O3/c29-18-13-22(32-14-16-10-11-19(37)12-16)24(33-15-18)25(30)39-28(31)36-26-27(38)34-21-9-5-4-8-20(21)23(35-26)17-6-2-1-3-7-17/h1-9,13,15-16,19,26,30,32,37H,10-12,14H2,(H2,31,36)(H,34,38). The topological polar surface area (TPSA) is 156 Å². The van der Waals surface area contributed by atoms with E-state index in [1.165, 1.54) is 6.07 Å². The van der Waals surface area contributed by atoms with E-state index in [1.807, 2.05) is 42.5 Å². The molecule has 0 saturated heterocycles. The molecule has 1 aromatic heterocycles. The Morgan fingerprint density at radius 3 is 2.67 bits per heavy atom. The van der Waals surface area contributed by atoms with Gasteiger partial charge >= 0.3 is 0 Å². The average Bonchev–Trinajstić information content (AvgIpc) is 3.29. The molecular formula is C28H28FN7O3. The van der Waals surface area contributed by atoms with Crippen molar-refractivity contribution in [1.29, 1.82) is 10.8 Å². The number of carbonyl (C=O) groups is 1. The van der Waals surface area contributed by atoms with Gasteiger partial charge in [0.15, 0.2) is 0 Å². The number of hydrogen-bond acceptors (Lipinski definition) is 8. The monoisotopic (exact) mass is 529 g/mol. The van der Waals surface area contributed by atoms with Gasteiger partial charge in [0.1, 0.15) is 11.5 Å². The number of amides is 1. The number of aliphatic imine (C=N–C) groups is 1. The number of fused-ring (bicyclic) bond motifs is 1. The van der Waals surface area contributed by atoms with Crippen LogP contribution in [-0.2, 0) is 9.53 Å². The third-order valence-electron chi connectivity index (χ3n) is 6.63. The smallest absolute Gasteiger partial charge is 0.290 e. The molecule has 5 rings (SSSR count). The fourth-order valence-corrected chi connectivity index (χ4v) is 4.73. The van der Waals surface area contributed by atoms with Crippen LogP contribution in [0, 0.1) is 22.6 Å². The Morgan fingerprint density at radius 2 is 1.90 bits per heavy atom. The van der Waals surface area contributed by atoms with Crippen LogP contribution in [0.2, 0.25) is 0 Å². The number of halogens is 1. The van der Waals surface area contributed by atoms with Gasteiger partial charge in [0, 0.05) is 23.7 Å². The number of rotatable bonds is 6. The molecule has 1 amide bonds. The predicted molar refractivity (Wildman–Crippen MR) is 146 cm³/mol. The van der Waals surface area contributed by atoms with Crippen molar-refractivity contribution in [2.24, 2.45) is 10.9 Å². The highest BCUT2D eigenvalue weighted by Gasteiger charge is 2.28. The minimum atomic E-state index is -1.22. The van der Waals surface area contributed by atoms with E-state index in [0.29, 0.717) is 24.4 Å². The van der Waals surface area contributed by atoms with Gasteiger partial charge in [-0.2, -0.15) is 0 Å². The first-order valence-corrected chi connectivity index (χ1v) is 12.6. The summed E-state index contributed by atoms with van der Waals surface area (Å²) in [5.74, 6) is -1.40. The summed E-state index contributed by atoms with van der Waals surface area (Å²) < 4.78 is 19.3. The third-order valence-corrected chi connectivity index (χ3v) is 6.63. The maximum atomic E-state index is 13.9. The Kier molecular flexibility index (Phi) is 7.60. The Labute approximate surface area is 224 Å². The fraction of sp³-hybridized carbons (Fsp3) is 0.250. The number of aliphatic hydroxyl groups excluding tert-OH is 1. The highest BCUT2D eigenvalue weighted by Crippen LogP contribution is 2.27. The van der Waals surface area contributed by atoms with Crippen LogP contribution in [0.3, 0.4) is 0 Å². The van der Waals surface area contributed by atoms with Crippen LogP contribution in [-0.4, -0.2) is 52.4 Å². The van der Waals surface area contributed by atoms with Gasteiger partial charge in [-0.15, -0.1) is 0 Å². The van der Waals surface area contributed by atoms with Crippen LogP contribution >= 0.6 is 0 Å². The Balaban J connectivity index is 1.32. The van der Waals surface area contributed by atoms with Crippen molar-refractivity contribution in [3.8, 4) is 0 Å². The van der Waals surface area contributed by atoms with Gasteiger partial charge in [-0.3, -0.25) is 15.6 Å². The quantitative estimate of drug-likeness (QED) is 0.212. The summed E-state index contributed by atoms with van der Waals surface area (Å²) >= 11 is 0. The van der Waals surface area contributed by atoms with Crippen LogP contribution in [0.5, 0.6) is 0 Å². The first kappa shape index (κ1) is 26.0. The molecule has 2 heterocycles. The lowest BCUT2D eigenvalue weighted by atomic mass is 10.0. The predicted octanol–water partition coefficient (Wildman–Crippen LogP) is 3.48. The third kappa shape index (κ3) is 6.10. The molecule has 39 heavy (non-hydrogen) atoms. The van der Waals surface area contributed by atoms with Crippen molar-refractivity contribution in [3.63, 3.8) is 0 Å².